The first-order valence-electron chi connectivity index (χ1n) is 7.61. The summed E-state index contributed by atoms with van der Waals surface area (Å²) in [6, 6.07) is 0.0382. The van der Waals surface area contributed by atoms with Crippen molar-refractivity contribution in [3.63, 3.8) is 0 Å². The lowest BCUT2D eigenvalue weighted by atomic mass is 10.2. The average molecular weight is 321 g/mol. The molecule has 0 aromatic carbocycles. The van der Waals surface area contributed by atoms with Crippen molar-refractivity contribution in [2.75, 3.05) is 32.1 Å². The molecule has 0 amide bonds. The quantitative estimate of drug-likeness (QED) is 0.845. The zero-order valence-electron chi connectivity index (χ0n) is 13.2. The molecular formula is C14H20FN7O. The third-order valence-corrected chi connectivity index (χ3v) is 3.86. The number of halogens is 1. The van der Waals surface area contributed by atoms with E-state index in [1.165, 1.54) is 6.33 Å². The third kappa shape index (κ3) is 3.45. The Morgan fingerprint density at radius 3 is 3.13 bits per heavy atom. The molecule has 9 heteroatoms. The molecule has 0 aliphatic carbocycles. The van der Waals surface area contributed by atoms with Gasteiger partial charge in [-0.05, 0) is 13.5 Å². The van der Waals surface area contributed by atoms with Crippen molar-refractivity contribution in [2.45, 2.75) is 25.9 Å². The van der Waals surface area contributed by atoms with Crippen LogP contribution >= 0.6 is 0 Å². The van der Waals surface area contributed by atoms with E-state index in [4.69, 9.17) is 4.74 Å². The van der Waals surface area contributed by atoms with Gasteiger partial charge in [-0.3, -0.25) is 10.00 Å². The van der Waals surface area contributed by atoms with Crippen molar-refractivity contribution in [1.82, 2.24) is 30.0 Å². The Morgan fingerprint density at radius 2 is 2.35 bits per heavy atom. The predicted molar refractivity (Wildman–Crippen MR) is 81.3 cm³/mol. The normalized spacial score (nSPS) is 19.0. The Bertz CT molecular complexity index is 662. The molecule has 1 aliphatic rings. The number of likely N-dealkylation sites (N-methyl/N-ethyl adjacent to an activating group) is 1. The summed E-state index contributed by atoms with van der Waals surface area (Å²) in [5.41, 5.74) is 0.390. The van der Waals surface area contributed by atoms with Crippen LogP contribution in [0, 0.1) is 5.82 Å². The molecule has 8 nitrogen and oxygen atoms in total. The van der Waals surface area contributed by atoms with Crippen LogP contribution in [0.1, 0.15) is 30.3 Å². The Hall–Kier alpha value is -2.13. The van der Waals surface area contributed by atoms with Gasteiger partial charge in [0.2, 0.25) is 0 Å². The first-order chi connectivity index (χ1) is 11.2. The molecule has 1 saturated heterocycles. The summed E-state index contributed by atoms with van der Waals surface area (Å²) >= 11 is 0. The molecular weight excluding hydrogens is 301 g/mol. The first kappa shape index (κ1) is 15.8. The highest BCUT2D eigenvalue weighted by atomic mass is 19.1. The van der Waals surface area contributed by atoms with Gasteiger partial charge in [-0.2, -0.15) is 5.10 Å². The maximum absolute atomic E-state index is 14.1. The minimum absolute atomic E-state index is 0.0382. The summed E-state index contributed by atoms with van der Waals surface area (Å²) < 4.78 is 19.5. The highest BCUT2D eigenvalue weighted by Crippen LogP contribution is 2.19. The van der Waals surface area contributed by atoms with E-state index in [-0.39, 0.29) is 11.9 Å². The highest BCUT2D eigenvalue weighted by Gasteiger charge is 2.25. The molecule has 0 spiro atoms. The van der Waals surface area contributed by atoms with E-state index in [9.17, 15) is 4.39 Å². The number of nitrogens with one attached hydrogen (secondary N) is 2. The maximum atomic E-state index is 14.1. The molecule has 1 fully saturated rings. The van der Waals surface area contributed by atoms with Crippen LogP contribution in [-0.2, 0) is 17.7 Å². The second-order valence-electron chi connectivity index (χ2n) is 5.40. The van der Waals surface area contributed by atoms with Gasteiger partial charge in [0, 0.05) is 6.54 Å². The number of aromatic amines is 1. The fourth-order valence-corrected chi connectivity index (χ4v) is 2.44. The Kier molecular flexibility index (Phi) is 4.77. The molecule has 0 bridgehead atoms. The molecule has 1 atom stereocenters. The molecule has 2 N–H and O–H groups in total. The zero-order valence-corrected chi connectivity index (χ0v) is 13.2. The van der Waals surface area contributed by atoms with E-state index in [1.807, 2.05) is 14.0 Å². The van der Waals surface area contributed by atoms with Gasteiger partial charge in [0.25, 0.3) is 0 Å². The van der Waals surface area contributed by atoms with Crippen molar-refractivity contribution in [3.8, 4) is 0 Å². The predicted octanol–water partition coefficient (Wildman–Crippen LogP) is 0.911. The summed E-state index contributed by atoms with van der Waals surface area (Å²) in [7, 11) is 2.02. The van der Waals surface area contributed by atoms with Crippen LogP contribution in [0.4, 0.5) is 10.2 Å². The molecule has 1 aliphatic heterocycles. The van der Waals surface area contributed by atoms with Crippen molar-refractivity contribution >= 4 is 5.82 Å². The molecule has 2 aromatic rings. The summed E-state index contributed by atoms with van der Waals surface area (Å²) in [5.74, 6) is 1.06. The van der Waals surface area contributed by atoms with Gasteiger partial charge in [0.1, 0.15) is 12.2 Å². The lowest BCUT2D eigenvalue weighted by Gasteiger charge is -2.30. The number of morpholine rings is 1. The van der Waals surface area contributed by atoms with Crippen molar-refractivity contribution in [3.05, 3.63) is 29.5 Å². The van der Waals surface area contributed by atoms with Gasteiger partial charge < -0.3 is 10.1 Å². The van der Waals surface area contributed by atoms with Gasteiger partial charge in [-0.1, -0.05) is 6.92 Å². The molecule has 124 valence electrons. The van der Waals surface area contributed by atoms with Crippen LogP contribution < -0.4 is 5.32 Å². The molecule has 2 aromatic heterocycles. The van der Waals surface area contributed by atoms with E-state index in [0.29, 0.717) is 36.9 Å². The zero-order chi connectivity index (χ0) is 16.2. The van der Waals surface area contributed by atoms with Gasteiger partial charge in [-0.25, -0.2) is 19.3 Å². The van der Waals surface area contributed by atoms with Crippen LogP contribution in [-0.4, -0.2) is 56.9 Å². The third-order valence-electron chi connectivity index (χ3n) is 3.86. The first-order valence-corrected chi connectivity index (χ1v) is 7.61. The number of anilines is 1. The fraction of sp³-hybridized carbons (Fsp3) is 0.571. The average Bonchev–Trinajstić information content (AvgIpc) is 3.03. The van der Waals surface area contributed by atoms with Gasteiger partial charge in [0.15, 0.2) is 17.5 Å². The standard InChI is InChI=1S/C14H20FN7O/c1-3-9-12(15)14(18-8-17-9)16-6-11-19-13(21-20-11)10-7-23-5-4-22(10)2/h8,10H,3-7H2,1-2H3,(H,16,17,18)(H,19,20,21). The van der Waals surface area contributed by atoms with Crippen LogP contribution in [0.5, 0.6) is 0 Å². The summed E-state index contributed by atoms with van der Waals surface area (Å²) in [6.45, 7) is 4.29. The van der Waals surface area contributed by atoms with Crippen LogP contribution in [0.25, 0.3) is 0 Å². The van der Waals surface area contributed by atoms with E-state index >= 15 is 0 Å². The summed E-state index contributed by atoms with van der Waals surface area (Å²) in [6.07, 6.45) is 1.87. The minimum Gasteiger partial charge on any atom is -0.378 e. The van der Waals surface area contributed by atoms with Crippen LogP contribution in [0.2, 0.25) is 0 Å². The molecule has 0 saturated carbocycles. The van der Waals surface area contributed by atoms with Crippen molar-refractivity contribution < 1.29 is 9.13 Å². The highest BCUT2D eigenvalue weighted by molar-refractivity contribution is 5.37. The largest absolute Gasteiger partial charge is 0.378 e. The number of hydrogen-bond donors (Lipinski definition) is 2. The molecule has 23 heavy (non-hydrogen) atoms. The smallest absolute Gasteiger partial charge is 0.186 e. The lowest BCUT2D eigenvalue weighted by Crippen LogP contribution is -2.37. The SMILES string of the molecule is CCc1ncnc(NCc2nc(C3COCCN3C)n[nH]2)c1F. The number of hydrogen-bond acceptors (Lipinski definition) is 7. The topological polar surface area (TPSA) is 91.8 Å². The summed E-state index contributed by atoms with van der Waals surface area (Å²) in [4.78, 5) is 14.4. The van der Waals surface area contributed by atoms with E-state index < -0.39 is 5.82 Å². The number of H-pyrrole nitrogens is 1. The number of nitrogens with zero attached hydrogens (tertiary/aromatic N) is 5. The van der Waals surface area contributed by atoms with Crippen LogP contribution in [0.3, 0.4) is 0 Å². The van der Waals surface area contributed by atoms with Gasteiger partial charge in [0.05, 0.1) is 31.5 Å². The van der Waals surface area contributed by atoms with Gasteiger partial charge >= 0.3 is 0 Å². The minimum atomic E-state index is -0.421. The second-order valence-corrected chi connectivity index (χ2v) is 5.40. The maximum Gasteiger partial charge on any atom is 0.186 e. The Balaban J connectivity index is 1.65. The molecule has 3 heterocycles. The molecule has 0 radical (unpaired) electrons. The monoisotopic (exact) mass is 321 g/mol. The summed E-state index contributed by atoms with van der Waals surface area (Å²) in [5, 5.41) is 10.0. The number of ether oxygens (including phenoxy) is 1. The number of aryl methyl sites for hydroxylation is 1. The Morgan fingerprint density at radius 1 is 1.48 bits per heavy atom. The van der Waals surface area contributed by atoms with Gasteiger partial charge in [-0.15, -0.1) is 0 Å². The lowest BCUT2D eigenvalue weighted by molar-refractivity contribution is 0.00194. The number of rotatable bonds is 5. The van der Waals surface area contributed by atoms with E-state index in [0.717, 1.165) is 13.2 Å². The van der Waals surface area contributed by atoms with Crippen molar-refractivity contribution in [2.24, 2.45) is 0 Å². The fourth-order valence-electron chi connectivity index (χ4n) is 2.44. The van der Waals surface area contributed by atoms with E-state index in [2.05, 4.69) is 35.4 Å². The molecule has 1 unspecified atom stereocenters. The molecule has 3 rings (SSSR count). The van der Waals surface area contributed by atoms with E-state index in [1.54, 1.807) is 0 Å². The number of aromatic nitrogens is 5. The van der Waals surface area contributed by atoms with Crippen LogP contribution in [0.15, 0.2) is 6.33 Å². The Labute approximate surface area is 133 Å². The second kappa shape index (κ2) is 6.97. The van der Waals surface area contributed by atoms with Crippen molar-refractivity contribution in [1.29, 1.82) is 0 Å².